The first-order valence-electron chi connectivity index (χ1n) is 10.1. The Morgan fingerprint density at radius 1 is 1.06 bits per heavy atom. The Bertz CT molecular complexity index is 1400. The predicted molar refractivity (Wildman–Crippen MR) is 132 cm³/mol. The first-order chi connectivity index (χ1) is 15.8. The topological polar surface area (TPSA) is 94.4 Å². The number of non-ortho nitro benzene ring substituents is 1. The summed E-state index contributed by atoms with van der Waals surface area (Å²) in [6, 6.07) is 17.6. The lowest BCUT2D eigenvalue weighted by molar-refractivity contribution is -0.384. The van der Waals surface area contributed by atoms with Crippen LogP contribution in [0.2, 0.25) is 0 Å². The second-order valence-corrected chi connectivity index (χ2v) is 8.55. The van der Waals surface area contributed by atoms with Gasteiger partial charge in [-0.3, -0.25) is 14.9 Å². The number of pyridine rings is 1. The number of ether oxygens (including phenoxy) is 1. The third-order valence-electron chi connectivity index (χ3n) is 5.30. The van der Waals surface area contributed by atoms with E-state index >= 15 is 0 Å². The molecule has 0 saturated carbocycles. The lowest BCUT2D eigenvalue weighted by Crippen LogP contribution is -2.14. The van der Waals surface area contributed by atoms with Crippen molar-refractivity contribution in [3.05, 3.63) is 91.9 Å². The third-order valence-corrected chi connectivity index (χ3v) is 5.76. The lowest BCUT2D eigenvalue weighted by atomic mass is 10.0. The summed E-state index contributed by atoms with van der Waals surface area (Å²) in [6.45, 7) is 3.95. The highest BCUT2D eigenvalue weighted by atomic mass is 79.9. The molecule has 0 radical (unpaired) electrons. The highest BCUT2D eigenvalue weighted by molar-refractivity contribution is 9.10. The number of benzene rings is 3. The Kier molecular flexibility index (Phi) is 6.11. The molecule has 8 heteroatoms. The predicted octanol–water partition coefficient (Wildman–Crippen LogP) is 6.45. The maximum atomic E-state index is 13.4. The van der Waals surface area contributed by atoms with Gasteiger partial charge in [-0.15, -0.1) is 0 Å². The largest absolute Gasteiger partial charge is 0.494 e. The van der Waals surface area contributed by atoms with Crippen LogP contribution in [0.1, 0.15) is 21.5 Å². The molecule has 166 valence electrons. The zero-order valence-corrected chi connectivity index (χ0v) is 19.8. The molecule has 0 spiro atoms. The van der Waals surface area contributed by atoms with Crippen LogP contribution >= 0.6 is 15.9 Å². The number of carbonyl (C=O) groups excluding carboxylic acids is 1. The number of halogens is 1. The van der Waals surface area contributed by atoms with E-state index in [9.17, 15) is 14.9 Å². The normalized spacial score (nSPS) is 10.8. The van der Waals surface area contributed by atoms with Gasteiger partial charge in [0.2, 0.25) is 0 Å². The van der Waals surface area contributed by atoms with Gasteiger partial charge in [0.15, 0.2) is 0 Å². The summed E-state index contributed by atoms with van der Waals surface area (Å²) in [7, 11) is 1.40. The number of nitro groups is 1. The van der Waals surface area contributed by atoms with Crippen molar-refractivity contribution >= 4 is 44.1 Å². The first kappa shape index (κ1) is 22.4. The second kappa shape index (κ2) is 8.99. The molecule has 0 fully saturated rings. The minimum Gasteiger partial charge on any atom is -0.494 e. The Balaban J connectivity index is 1.84. The first-order valence-corrected chi connectivity index (χ1v) is 10.9. The van der Waals surface area contributed by atoms with Crippen molar-refractivity contribution in [1.82, 2.24) is 4.98 Å². The Hall–Kier alpha value is -3.78. The summed E-state index contributed by atoms with van der Waals surface area (Å²) < 4.78 is 6.10. The van der Waals surface area contributed by atoms with Crippen LogP contribution in [-0.4, -0.2) is 22.9 Å². The molecule has 3 aromatic carbocycles. The molecule has 4 aromatic rings. The zero-order chi connectivity index (χ0) is 23.7. The lowest BCUT2D eigenvalue weighted by Gasteiger charge is -2.14. The Morgan fingerprint density at radius 3 is 2.45 bits per heavy atom. The van der Waals surface area contributed by atoms with Gasteiger partial charge < -0.3 is 10.1 Å². The average Bonchev–Trinajstić information content (AvgIpc) is 2.79. The summed E-state index contributed by atoms with van der Waals surface area (Å²) in [5, 5.41) is 14.6. The molecule has 0 saturated heterocycles. The molecule has 0 aliphatic heterocycles. The summed E-state index contributed by atoms with van der Waals surface area (Å²) in [6.07, 6.45) is 0. The summed E-state index contributed by atoms with van der Waals surface area (Å²) in [4.78, 5) is 28.8. The second-order valence-electron chi connectivity index (χ2n) is 7.64. The van der Waals surface area contributed by atoms with E-state index in [1.807, 2.05) is 50.2 Å². The van der Waals surface area contributed by atoms with E-state index in [0.717, 1.165) is 26.7 Å². The fourth-order valence-corrected chi connectivity index (χ4v) is 4.18. The fourth-order valence-electron chi connectivity index (χ4n) is 3.60. The van der Waals surface area contributed by atoms with E-state index in [-0.39, 0.29) is 17.3 Å². The number of fused-ring (bicyclic) bond motifs is 1. The van der Waals surface area contributed by atoms with E-state index in [1.165, 1.54) is 25.3 Å². The van der Waals surface area contributed by atoms with Gasteiger partial charge in [-0.05, 0) is 43.7 Å². The van der Waals surface area contributed by atoms with Crippen molar-refractivity contribution in [2.75, 3.05) is 12.4 Å². The SMILES string of the molecule is COc1cc([N+](=O)[O-])ccc1NC(=O)c1cc(-c2ccc(C)cc2)nc2c(C)cc(Br)cc12. The van der Waals surface area contributed by atoms with Gasteiger partial charge in [-0.25, -0.2) is 4.98 Å². The maximum absolute atomic E-state index is 13.4. The Labute approximate surface area is 198 Å². The average molecular weight is 506 g/mol. The van der Waals surface area contributed by atoms with E-state index < -0.39 is 4.92 Å². The fraction of sp³-hybridized carbons (Fsp3) is 0.120. The smallest absolute Gasteiger partial charge is 0.273 e. The van der Waals surface area contributed by atoms with Crippen molar-refractivity contribution < 1.29 is 14.5 Å². The monoisotopic (exact) mass is 505 g/mol. The number of nitrogens with one attached hydrogen (secondary N) is 1. The van der Waals surface area contributed by atoms with Gasteiger partial charge >= 0.3 is 0 Å². The minimum absolute atomic E-state index is 0.125. The molecule has 0 atom stereocenters. The minimum atomic E-state index is -0.515. The number of nitrogens with zero attached hydrogens (tertiary/aromatic N) is 2. The van der Waals surface area contributed by atoms with Crippen LogP contribution in [0, 0.1) is 24.0 Å². The molecule has 0 aliphatic rings. The van der Waals surface area contributed by atoms with Crippen LogP contribution in [-0.2, 0) is 0 Å². The van der Waals surface area contributed by atoms with Gasteiger partial charge in [0.05, 0.1) is 40.6 Å². The standard InChI is InChI=1S/C25H20BrN3O4/c1-14-4-6-16(7-5-14)22-13-20(19-11-17(26)10-15(2)24(19)27-22)25(30)28-21-9-8-18(29(31)32)12-23(21)33-3/h4-13H,1-3H3,(H,28,30). The number of methoxy groups -OCH3 is 1. The van der Waals surface area contributed by atoms with E-state index in [1.54, 1.807) is 6.07 Å². The van der Waals surface area contributed by atoms with Crippen LogP contribution in [0.5, 0.6) is 5.75 Å². The number of aromatic nitrogens is 1. The highest BCUT2D eigenvalue weighted by Crippen LogP contribution is 2.32. The van der Waals surface area contributed by atoms with Crippen LogP contribution in [0.4, 0.5) is 11.4 Å². The number of nitro benzene ring substituents is 1. The molecule has 1 heterocycles. The Morgan fingerprint density at radius 2 is 1.79 bits per heavy atom. The third kappa shape index (κ3) is 4.56. The van der Waals surface area contributed by atoms with Crippen molar-refractivity contribution in [1.29, 1.82) is 0 Å². The molecule has 33 heavy (non-hydrogen) atoms. The van der Waals surface area contributed by atoms with Crippen molar-refractivity contribution in [2.45, 2.75) is 13.8 Å². The summed E-state index contributed by atoms with van der Waals surface area (Å²) in [5.74, 6) is -0.174. The molecule has 0 unspecified atom stereocenters. The van der Waals surface area contributed by atoms with Gasteiger partial charge in [0.25, 0.3) is 11.6 Å². The van der Waals surface area contributed by atoms with Crippen LogP contribution in [0.3, 0.4) is 0 Å². The van der Waals surface area contributed by atoms with E-state index in [0.29, 0.717) is 22.3 Å². The molecule has 0 bridgehead atoms. The number of carbonyl (C=O) groups is 1. The van der Waals surface area contributed by atoms with Crippen LogP contribution in [0.25, 0.3) is 22.2 Å². The van der Waals surface area contributed by atoms with Crippen molar-refractivity contribution in [2.24, 2.45) is 0 Å². The van der Waals surface area contributed by atoms with Gasteiger partial charge in [-0.1, -0.05) is 45.8 Å². The number of aryl methyl sites for hydroxylation is 2. The number of hydrogen-bond acceptors (Lipinski definition) is 5. The zero-order valence-electron chi connectivity index (χ0n) is 18.2. The molecule has 1 N–H and O–H groups in total. The molecular formula is C25H20BrN3O4. The van der Waals surface area contributed by atoms with Crippen LogP contribution < -0.4 is 10.1 Å². The van der Waals surface area contributed by atoms with Gasteiger partial charge in [0.1, 0.15) is 5.75 Å². The molecule has 1 amide bonds. The number of anilines is 1. The van der Waals surface area contributed by atoms with Crippen molar-refractivity contribution in [3.63, 3.8) is 0 Å². The van der Waals surface area contributed by atoms with Crippen molar-refractivity contribution in [3.8, 4) is 17.0 Å². The van der Waals surface area contributed by atoms with E-state index in [4.69, 9.17) is 9.72 Å². The number of amides is 1. The van der Waals surface area contributed by atoms with Gasteiger partial charge in [-0.2, -0.15) is 0 Å². The molecular weight excluding hydrogens is 486 g/mol. The van der Waals surface area contributed by atoms with Crippen LogP contribution in [0.15, 0.2) is 65.1 Å². The number of rotatable bonds is 5. The summed E-state index contributed by atoms with van der Waals surface area (Å²) in [5.41, 5.74) is 4.98. The number of hydrogen-bond donors (Lipinski definition) is 1. The highest BCUT2D eigenvalue weighted by Gasteiger charge is 2.19. The van der Waals surface area contributed by atoms with Gasteiger partial charge in [0, 0.05) is 21.5 Å². The maximum Gasteiger partial charge on any atom is 0.273 e. The molecule has 0 aliphatic carbocycles. The summed E-state index contributed by atoms with van der Waals surface area (Å²) >= 11 is 3.51. The quantitative estimate of drug-likeness (QED) is 0.248. The molecule has 7 nitrogen and oxygen atoms in total. The molecule has 1 aromatic heterocycles. The van der Waals surface area contributed by atoms with E-state index in [2.05, 4.69) is 21.2 Å². The molecule has 4 rings (SSSR count).